The van der Waals surface area contributed by atoms with E-state index in [1.807, 2.05) is 0 Å². The zero-order valence-corrected chi connectivity index (χ0v) is 14.5. The fourth-order valence-corrected chi connectivity index (χ4v) is 2.78. The summed E-state index contributed by atoms with van der Waals surface area (Å²) in [5.41, 5.74) is 2.37. The Labute approximate surface area is 158 Å². The van der Waals surface area contributed by atoms with E-state index in [1.165, 1.54) is 4.90 Å². The number of aliphatic carboxylic acids is 1. The third-order valence-electron chi connectivity index (χ3n) is 4.17. The van der Waals surface area contributed by atoms with Crippen molar-refractivity contribution in [3.8, 4) is 6.07 Å². The van der Waals surface area contributed by atoms with Gasteiger partial charge in [-0.1, -0.05) is 12.1 Å². The molecular formula is C18H16F3N3O4. The van der Waals surface area contributed by atoms with Crippen LogP contribution < -0.4 is 5.32 Å². The van der Waals surface area contributed by atoms with Crippen molar-refractivity contribution in [2.45, 2.75) is 19.0 Å². The first-order valence-electron chi connectivity index (χ1n) is 8.24. The number of benzene rings is 1. The van der Waals surface area contributed by atoms with Gasteiger partial charge in [0.05, 0.1) is 23.7 Å². The molecule has 0 unspecified atom stereocenters. The molecule has 0 aliphatic carbocycles. The van der Waals surface area contributed by atoms with Gasteiger partial charge in [-0.05, 0) is 37.1 Å². The highest BCUT2D eigenvalue weighted by atomic mass is 19.4. The molecule has 1 saturated heterocycles. The monoisotopic (exact) mass is 395 g/mol. The van der Waals surface area contributed by atoms with Gasteiger partial charge in [-0.2, -0.15) is 18.4 Å². The molecule has 2 N–H and O–H groups in total. The maximum absolute atomic E-state index is 12.3. The van der Waals surface area contributed by atoms with E-state index in [2.05, 4.69) is 11.4 Å². The van der Waals surface area contributed by atoms with Crippen molar-refractivity contribution in [2.24, 2.45) is 0 Å². The summed E-state index contributed by atoms with van der Waals surface area (Å²) in [6.45, 7) is 1.67. The zero-order chi connectivity index (χ0) is 20.9. The number of nitrogens with zero attached hydrogens (tertiary/aromatic N) is 2. The number of imide groups is 1. The number of halogens is 3. The van der Waals surface area contributed by atoms with Crippen molar-refractivity contribution in [3.05, 3.63) is 46.5 Å². The molecule has 0 saturated carbocycles. The number of fused-ring (bicyclic) bond motifs is 1. The number of carbonyl (C=O) groups is 3. The first kappa shape index (κ1) is 21.1. The van der Waals surface area contributed by atoms with Crippen LogP contribution in [0.4, 0.5) is 13.2 Å². The summed E-state index contributed by atoms with van der Waals surface area (Å²) in [4.78, 5) is 34.7. The van der Waals surface area contributed by atoms with Crippen LogP contribution in [0.15, 0.2) is 35.4 Å². The Kier molecular flexibility index (Phi) is 6.53. The number of piperidine rings is 1. The van der Waals surface area contributed by atoms with Crippen molar-refractivity contribution >= 4 is 17.8 Å². The van der Waals surface area contributed by atoms with E-state index in [9.17, 15) is 28.0 Å². The lowest BCUT2D eigenvalue weighted by Gasteiger charge is -2.20. The summed E-state index contributed by atoms with van der Waals surface area (Å²) >= 11 is 0. The van der Waals surface area contributed by atoms with E-state index in [1.54, 1.807) is 24.3 Å². The summed E-state index contributed by atoms with van der Waals surface area (Å²) in [6.07, 6.45) is -3.26. The molecule has 0 radical (unpaired) electrons. The number of hydrogen-bond donors (Lipinski definition) is 2. The fraction of sp³-hybridized carbons (Fsp3) is 0.333. The van der Waals surface area contributed by atoms with Gasteiger partial charge in [-0.3, -0.25) is 14.5 Å². The van der Waals surface area contributed by atoms with Gasteiger partial charge in [0.15, 0.2) is 0 Å². The third-order valence-corrected chi connectivity index (χ3v) is 4.17. The highest BCUT2D eigenvalue weighted by molar-refractivity contribution is 6.21. The van der Waals surface area contributed by atoms with Crippen LogP contribution in [-0.2, 0) is 4.79 Å². The molecule has 0 bridgehead atoms. The van der Waals surface area contributed by atoms with Crippen LogP contribution in [0.5, 0.6) is 0 Å². The van der Waals surface area contributed by atoms with Crippen molar-refractivity contribution in [1.29, 1.82) is 5.26 Å². The van der Waals surface area contributed by atoms with Crippen molar-refractivity contribution in [2.75, 3.05) is 19.6 Å². The van der Waals surface area contributed by atoms with Crippen LogP contribution in [0.25, 0.3) is 0 Å². The molecule has 2 aliphatic rings. The molecule has 2 aliphatic heterocycles. The van der Waals surface area contributed by atoms with Crippen LogP contribution in [0.1, 0.15) is 33.6 Å². The van der Waals surface area contributed by atoms with Crippen molar-refractivity contribution in [1.82, 2.24) is 10.2 Å². The van der Waals surface area contributed by atoms with Gasteiger partial charge >= 0.3 is 12.1 Å². The minimum Gasteiger partial charge on any atom is -0.475 e. The average molecular weight is 395 g/mol. The van der Waals surface area contributed by atoms with Crippen LogP contribution in [0.3, 0.4) is 0 Å². The molecule has 0 atom stereocenters. The Hall–Kier alpha value is -3.19. The lowest BCUT2D eigenvalue weighted by molar-refractivity contribution is -0.192. The van der Waals surface area contributed by atoms with Crippen LogP contribution in [0, 0.1) is 11.3 Å². The second kappa shape index (κ2) is 8.67. The van der Waals surface area contributed by atoms with E-state index < -0.39 is 12.1 Å². The Bertz CT molecular complexity index is 829. The maximum atomic E-state index is 12.3. The average Bonchev–Trinajstić information content (AvgIpc) is 2.91. The number of carboxylic acid groups (broad SMARTS) is 1. The number of rotatable bonds is 2. The predicted molar refractivity (Wildman–Crippen MR) is 90.2 cm³/mol. The highest BCUT2D eigenvalue weighted by Crippen LogP contribution is 2.24. The van der Waals surface area contributed by atoms with Gasteiger partial charge in [0.25, 0.3) is 11.8 Å². The van der Waals surface area contributed by atoms with Gasteiger partial charge in [0.2, 0.25) is 0 Å². The number of hydrogen-bond acceptors (Lipinski definition) is 5. The zero-order valence-electron chi connectivity index (χ0n) is 14.5. The maximum Gasteiger partial charge on any atom is 0.490 e. The van der Waals surface area contributed by atoms with Gasteiger partial charge in [-0.25, -0.2) is 4.79 Å². The predicted octanol–water partition coefficient (Wildman–Crippen LogP) is 2.12. The number of carbonyl (C=O) groups excluding carboxylic acids is 2. The second-order valence-corrected chi connectivity index (χ2v) is 6.02. The third kappa shape index (κ3) is 4.75. The molecule has 10 heteroatoms. The van der Waals surface area contributed by atoms with Crippen molar-refractivity contribution in [3.63, 3.8) is 0 Å². The highest BCUT2D eigenvalue weighted by Gasteiger charge is 2.38. The van der Waals surface area contributed by atoms with E-state index in [-0.39, 0.29) is 18.4 Å². The summed E-state index contributed by atoms with van der Waals surface area (Å²) in [5.74, 6) is -3.38. The van der Waals surface area contributed by atoms with Gasteiger partial charge in [-0.15, -0.1) is 0 Å². The van der Waals surface area contributed by atoms with E-state index in [4.69, 9.17) is 9.90 Å². The first-order valence-corrected chi connectivity index (χ1v) is 8.24. The quantitative estimate of drug-likeness (QED) is 0.586. The first-order chi connectivity index (χ1) is 13.2. The number of carboxylic acids is 1. The van der Waals surface area contributed by atoms with E-state index in [0.717, 1.165) is 25.0 Å². The minimum absolute atomic E-state index is 0.0693. The molecule has 1 aromatic rings. The van der Waals surface area contributed by atoms with E-state index in [0.29, 0.717) is 23.2 Å². The molecular weight excluding hydrogens is 379 g/mol. The summed E-state index contributed by atoms with van der Waals surface area (Å²) in [6, 6.07) is 8.94. The topological polar surface area (TPSA) is 111 Å². The Morgan fingerprint density at radius 3 is 2.14 bits per heavy atom. The summed E-state index contributed by atoms with van der Waals surface area (Å²) < 4.78 is 31.7. The minimum atomic E-state index is -5.08. The molecule has 1 fully saturated rings. The van der Waals surface area contributed by atoms with Crippen LogP contribution >= 0.6 is 0 Å². The van der Waals surface area contributed by atoms with Gasteiger partial charge in [0.1, 0.15) is 0 Å². The van der Waals surface area contributed by atoms with Gasteiger partial charge < -0.3 is 10.4 Å². The Morgan fingerprint density at radius 2 is 1.75 bits per heavy atom. The molecule has 0 aromatic heterocycles. The number of amides is 2. The van der Waals surface area contributed by atoms with Crippen molar-refractivity contribution < 1.29 is 32.7 Å². The molecule has 28 heavy (non-hydrogen) atoms. The molecule has 3 rings (SSSR count). The fourth-order valence-electron chi connectivity index (χ4n) is 2.78. The number of nitrogens with one attached hydrogen (secondary N) is 1. The second-order valence-electron chi connectivity index (χ2n) is 6.02. The van der Waals surface area contributed by atoms with Crippen LogP contribution in [0.2, 0.25) is 0 Å². The molecule has 1 aromatic carbocycles. The molecule has 7 nitrogen and oxygen atoms in total. The molecule has 0 spiro atoms. The SMILES string of the molecule is N#C/C(CN1C(=O)c2ccccc2C1=O)=C1\CCCNC1.O=C(O)C(F)(F)F. The largest absolute Gasteiger partial charge is 0.490 e. The molecule has 2 amide bonds. The van der Waals surface area contributed by atoms with Gasteiger partial charge in [0, 0.05) is 12.1 Å². The number of nitriles is 1. The molecule has 2 heterocycles. The summed E-state index contributed by atoms with van der Waals surface area (Å²) in [7, 11) is 0. The smallest absolute Gasteiger partial charge is 0.475 e. The number of alkyl halides is 3. The lowest BCUT2D eigenvalue weighted by atomic mass is 10.0. The lowest BCUT2D eigenvalue weighted by Crippen LogP contribution is -2.33. The standard InChI is InChI=1S/C16H15N3O2.C2HF3O2/c17-8-12(11-4-3-7-18-9-11)10-19-15(20)13-5-1-2-6-14(13)16(19)21;3-2(4,5)1(6)7/h1-2,5-6,18H,3-4,7,9-10H2;(H,6,7)/b12-11-;. The van der Waals surface area contributed by atoms with E-state index >= 15 is 0 Å². The van der Waals surface area contributed by atoms with Crippen LogP contribution in [-0.4, -0.2) is 53.6 Å². The summed E-state index contributed by atoms with van der Waals surface area (Å²) in [5, 5.41) is 19.7. The normalized spacial score (nSPS) is 18.0. The molecule has 148 valence electrons. The Balaban J connectivity index is 0.000000345. The Morgan fingerprint density at radius 1 is 1.21 bits per heavy atom.